The van der Waals surface area contributed by atoms with Gasteiger partial charge in [-0.15, -0.1) is 0 Å². The molecule has 1 rings (SSSR count). The van der Waals surface area contributed by atoms with Crippen molar-refractivity contribution in [1.82, 2.24) is 0 Å². The number of aliphatic hydroxyl groups excluding tert-OH is 1. The van der Waals surface area contributed by atoms with Crippen molar-refractivity contribution in [2.24, 2.45) is 0 Å². The van der Waals surface area contributed by atoms with E-state index in [9.17, 15) is 9.90 Å². The van der Waals surface area contributed by atoms with Crippen LogP contribution < -0.4 is 4.74 Å². The molecule has 0 heterocycles. The van der Waals surface area contributed by atoms with Crippen LogP contribution in [0.1, 0.15) is 18.1 Å². The fourth-order valence-electron chi connectivity index (χ4n) is 1.07. The molecule has 1 aromatic rings. The van der Waals surface area contributed by atoms with E-state index < -0.39 is 12.1 Å². The molecule has 0 radical (unpaired) electrons. The summed E-state index contributed by atoms with van der Waals surface area (Å²) in [4.78, 5) is 11.1. The highest BCUT2D eigenvalue weighted by atomic mass is 16.5. The average Bonchev–Trinajstić information content (AvgIpc) is 2.13. The van der Waals surface area contributed by atoms with Gasteiger partial charge >= 0.3 is 5.97 Å². The second kappa shape index (κ2) is 4.31. The van der Waals surface area contributed by atoms with Gasteiger partial charge in [-0.1, -0.05) is 0 Å². The molecule has 0 saturated carbocycles. The van der Waals surface area contributed by atoms with Crippen LogP contribution in [0.4, 0.5) is 0 Å². The Labute approximate surface area is 88.1 Å². The van der Waals surface area contributed by atoms with Crippen LogP contribution in [0.25, 0.3) is 0 Å². The van der Waals surface area contributed by atoms with Crippen LogP contribution >= 0.6 is 0 Å². The number of phenolic OH excluding ortho intramolecular Hbond substituents is 1. The molecule has 0 aliphatic heterocycles. The van der Waals surface area contributed by atoms with Crippen LogP contribution in [0.5, 0.6) is 11.5 Å². The van der Waals surface area contributed by atoms with Gasteiger partial charge in [0.25, 0.3) is 0 Å². The molecule has 1 unspecified atom stereocenters. The summed E-state index contributed by atoms with van der Waals surface area (Å²) in [6.07, 6.45) is -1.17. The first-order chi connectivity index (χ1) is 6.91. The zero-order valence-electron chi connectivity index (χ0n) is 8.94. The first-order valence-corrected chi connectivity index (χ1v) is 4.61. The summed E-state index contributed by atoms with van der Waals surface area (Å²) in [5.41, 5.74) is 1.57. The lowest BCUT2D eigenvalue weighted by Crippen LogP contribution is -2.22. The molecule has 2 N–H and O–H groups in total. The number of aliphatic hydroxyl groups is 1. The summed E-state index contributed by atoms with van der Waals surface area (Å²) in [7, 11) is 0. The molecule has 0 amide bonds. The van der Waals surface area contributed by atoms with Crippen LogP contribution in [0.3, 0.4) is 0 Å². The van der Waals surface area contributed by atoms with E-state index in [1.807, 2.05) is 0 Å². The van der Waals surface area contributed by atoms with E-state index in [1.165, 1.54) is 13.0 Å². The first kappa shape index (κ1) is 11.5. The van der Waals surface area contributed by atoms with E-state index in [-0.39, 0.29) is 11.5 Å². The maximum atomic E-state index is 11.1. The topological polar surface area (TPSA) is 66.8 Å². The number of ether oxygens (including phenoxy) is 1. The smallest absolute Gasteiger partial charge is 0.340 e. The van der Waals surface area contributed by atoms with E-state index in [4.69, 9.17) is 9.84 Å². The number of esters is 1. The Hall–Kier alpha value is -1.55. The van der Waals surface area contributed by atoms with Gasteiger partial charge in [0.1, 0.15) is 17.6 Å². The van der Waals surface area contributed by atoms with Crippen molar-refractivity contribution in [1.29, 1.82) is 0 Å². The fourth-order valence-corrected chi connectivity index (χ4v) is 1.07. The molecule has 0 aromatic heterocycles. The second-order valence-corrected chi connectivity index (χ2v) is 3.48. The molecule has 0 bridgehead atoms. The lowest BCUT2D eigenvalue weighted by Gasteiger charge is -2.09. The predicted molar refractivity (Wildman–Crippen MR) is 54.9 cm³/mol. The maximum Gasteiger partial charge on any atom is 0.340 e. The minimum atomic E-state index is -1.17. The lowest BCUT2D eigenvalue weighted by molar-refractivity contribution is -0.142. The van der Waals surface area contributed by atoms with Crippen molar-refractivity contribution in [2.75, 3.05) is 0 Å². The van der Waals surface area contributed by atoms with E-state index in [0.717, 1.165) is 11.1 Å². The largest absolute Gasteiger partial charge is 0.508 e. The Morgan fingerprint density at radius 2 is 2.00 bits per heavy atom. The van der Waals surface area contributed by atoms with Crippen LogP contribution in [0.15, 0.2) is 12.1 Å². The standard InChI is InChI=1S/C11H14O4/c1-6-4-9(5-10(13)7(6)2)15-11(14)8(3)12/h4-5,8,12-13H,1-3H3. The van der Waals surface area contributed by atoms with E-state index in [0.29, 0.717) is 0 Å². The summed E-state index contributed by atoms with van der Waals surface area (Å²) in [5, 5.41) is 18.4. The summed E-state index contributed by atoms with van der Waals surface area (Å²) in [5.74, 6) is -0.428. The van der Waals surface area contributed by atoms with Crippen LogP contribution in [-0.4, -0.2) is 22.3 Å². The van der Waals surface area contributed by atoms with Gasteiger partial charge in [-0.2, -0.15) is 0 Å². The zero-order chi connectivity index (χ0) is 11.6. The van der Waals surface area contributed by atoms with Crippen LogP contribution in [0, 0.1) is 13.8 Å². The highest BCUT2D eigenvalue weighted by molar-refractivity contribution is 5.76. The van der Waals surface area contributed by atoms with Crippen molar-refractivity contribution in [3.05, 3.63) is 23.3 Å². The average molecular weight is 210 g/mol. The quantitative estimate of drug-likeness (QED) is 0.570. The van der Waals surface area contributed by atoms with Gasteiger partial charge < -0.3 is 14.9 Å². The van der Waals surface area contributed by atoms with Gasteiger partial charge in [0.05, 0.1) is 0 Å². The predicted octanol–water partition coefficient (Wildman–Crippen LogP) is 1.30. The molecule has 15 heavy (non-hydrogen) atoms. The van der Waals surface area contributed by atoms with Crippen molar-refractivity contribution >= 4 is 5.97 Å². The third kappa shape index (κ3) is 2.70. The Morgan fingerprint density at radius 3 is 2.47 bits per heavy atom. The Balaban J connectivity index is 2.93. The molecular formula is C11H14O4. The normalized spacial score (nSPS) is 12.3. The number of hydrogen-bond acceptors (Lipinski definition) is 4. The highest BCUT2D eigenvalue weighted by Gasteiger charge is 2.13. The highest BCUT2D eigenvalue weighted by Crippen LogP contribution is 2.26. The third-order valence-electron chi connectivity index (χ3n) is 2.17. The number of benzene rings is 1. The number of rotatable bonds is 2. The molecule has 0 fully saturated rings. The summed E-state index contributed by atoms with van der Waals surface area (Å²) >= 11 is 0. The van der Waals surface area contributed by atoms with Crippen molar-refractivity contribution < 1.29 is 19.7 Å². The maximum absolute atomic E-state index is 11.1. The monoisotopic (exact) mass is 210 g/mol. The Morgan fingerprint density at radius 1 is 1.40 bits per heavy atom. The molecule has 1 atom stereocenters. The van der Waals surface area contributed by atoms with Gasteiger partial charge in [-0.05, 0) is 38.0 Å². The summed E-state index contributed by atoms with van der Waals surface area (Å²) in [6, 6.07) is 2.98. The molecule has 82 valence electrons. The van der Waals surface area contributed by atoms with Crippen LogP contribution in [0.2, 0.25) is 0 Å². The van der Waals surface area contributed by atoms with Crippen molar-refractivity contribution in [3.63, 3.8) is 0 Å². The van der Waals surface area contributed by atoms with Gasteiger partial charge in [0.15, 0.2) is 0 Å². The van der Waals surface area contributed by atoms with Gasteiger partial charge in [-0.25, -0.2) is 4.79 Å². The molecule has 1 aromatic carbocycles. The van der Waals surface area contributed by atoms with Crippen molar-refractivity contribution in [2.45, 2.75) is 26.9 Å². The van der Waals surface area contributed by atoms with E-state index in [2.05, 4.69) is 0 Å². The minimum Gasteiger partial charge on any atom is -0.508 e. The Kier molecular flexibility index (Phi) is 3.31. The van der Waals surface area contributed by atoms with Gasteiger partial charge in [0.2, 0.25) is 0 Å². The minimum absolute atomic E-state index is 0.0726. The molecular weight excluding hydrogens is 196 g/mol. The van der Waals surface area contributed by atoms with E-state index >= 15 is 0 Å². The molecule has 0 saturated heterocycles. The van der Waals surface area contributed by atoms with Gasteiger partial charge in [0, 0.05) is 6.07 Å². The third-order valence-corrected chi connectivity index (χ3v) is 2.17. The first-order valence-electron chi connectivity index (χ1n) is 4.61. The number of aromatic hydroxyl groups is 1. The lowest BCUT2D eigenvalue weighted by atomic mass is 10.1. The van der Waals surface area contributed by atoms with Crippen LogP contribution in [-0.2, 0) is 4.79 Å². The summed E-state index contributed by atoms with van der Waals surface area (Å²) < 4.78 is 4.84. The van der Waals surface area contributed by atoms with Gasteiger partial charge in [-0.3, -0.25) is 0 Å². The number of carbonyl (C=O) groups excluding carboxylic acids is 1. The molecule has 4 heteroatoms. The molecule has 4 nitrogen and oxygen atoms in total. The second-order valence-electron chi connectivity index (χ2n) is 3.48. The SMILES string of the molecule is Cc1cc(OC(=O)C(C)O)cc(O)c1C. The van der Waals surface area contributed by atoms with E-state index in [1.54, 1.807) is 19.9 Å². The number of carbonyl (C=O) groups is 1. The molecule has 0 aliphatic rings. The fraction of sp³-hybridized carbons (Fsp3) is 0.364. The molecule has 0 spiro atoms. The number of phenols is 1. The number of hydrogen-bond donors (Lipinski definition) is 2. The summed E-state index contributed by atoms with van der Waals surface area (Å²) in [6.45, 7) is 4.89. The molecule has 0 aliphatic carbocycles. The zero-order valence-corrected chi connectivity index (χ0v) is 8.94. The number of aryl methyl sites for hydroxylation is 1. The Bertz CT molecular complexity index is 359. The van der Waals surface area contributed by atoms with Crippen molar-refractivity contribution in [3.8, 4) is 11.5 Å².